The fourth-order valence-corrected chi connectivity index (χ4v) is 4.22. The summed E-state index contributed by atoms with van der Waals surface area (Å²) in [6.07, 6.45) is -4.15. The van der Waals surface area contributed by atoms with Crippen LogP contribution >= 0.6 is 0 Å². The summed E-state index contributed by atoms with van der Waals surface area (Å²) in [5.41, 5.74) is 3.94. The fraction of sp³-hybridized carbons (Fsp3) is 0.294. The molecule has 40 heavy (non-hydrogen) atoms. The standard InChI is InChI=1S/C34H38O6/c35-33(31(39-23-29-17-9-3-10-18-29)25-37-21-27-13-5-1-6-14-27)34(36)32(40-24-30-19-11-4-12-20-30)26-38-22-28-15-7-2-8-16-28/h1-20,31-36H,21-26H2. The Balaban J connectivity index is 1.42. The van der Waals surface area contributed by atoms with Gasteiger partial charge in [-0.25, -0.2) is 0 Å². The normalized spacial score (nSPS) is 14.3. The number of rotatable bonds is 17. The number of hydrogen-bond acceptors (Lipinski definition) is 6. The molecule has 0 saturated heterocycles. The molecule has 0 radical (unpaired) electrons. The minimum absolute atomic E-state index is 0.0935. The molecule has 0 aromatic heterocycles. The average molecular weight is 543 g/mol. The van der Waals surface area contributed by atoms with E-state index in [0.717, 1.165) is 22.3 Å². The molecule has 6 nitrogen and oxygen atoms in total. The molecule has 4 unspecified atom stereocenters. The van der Waals surface area contributed by atoms with E-state index in [0.29, 0.717) is 13.2 Å². The number of aliphatic hydroxyl groups excluding tert-OH is 2. The average Bonchev–Trinajstić information content (AvgIpc) is 3.02. The summed E-state index contributed by atoms with van der Waals surface area (Å²) in [7, 11) is 0. The molecule has 2 N–H and O–H groups in total. The maximum absolute atomic E-state index is 11.3. The second-order valence-electron chi connectivity index (χ2n) is 9.65. The fourth-order valence-electron chi connectivity index (χ4n) is 4.22. The quantitative estimate of drug-likeness (QED) is 0.188. The van der Waals surface area contributed by atoms with Crippen LogP contribution in [-0.2, 0) is 45.4 Å². The van der Waals surface area contributed by atoms with Gasteiger partial charge in [0.25, 0.3) is 0 Å². The zero-order valence-corrected chi connectivity index (χ0v) is 22.6. The van der Waals surface area contributed by atoms with Crippen molar-refractivity contribution < 1.29 is 29.2 Å². The summed E-state index contributed by atoms with van der Waals surface area (Å²) in [5, 5.41) is 22.7. The number of aliphatic hydroxyl groups is 2. The Morgan fingerprint density at radius 3 is 0.975 bits per heavy atom. The van der Waals surface area contributed by atoms with E-state index in [9.17, 15) is 10.2 Å². The Kier molecular flexibility index (Phi) is 12.3. The van der Waals surface area contributed by atoms with Gasteiger partial charge in [-0.3, -0.25) is 0 Å². The number of hydrogen-bond donors (Lipinski definition) is 2. The molecule has 0 spiro atoms. The van der Waals surface area contributed by atoms with Crippen molar-refractivity contribution in [3.63, 3.8) is 0 Å². The molecule has 0 bridgehead atoms. The SMILES string of the molecule is OC(C(COCc1ccccc1)OCc1ccccc1)C(O)C(COCc1ccccc1)OCc1ccccc1. The van der Waals surface area contributed by atoms with Gasteiger partial charge in [0.15, 0.2) is 0 Å². The van der Waals surface area contributed by atoms with Crippen LogP contribution in [0.25, 0.3) is 0 Å². The van der Waals surface area contributed by atoms with Gasteiger partial charge >= 0.3 is 0 Å². The summed E-state index contributed by atoms with van der Waals surface area (Å²) in [6, 6.07) is 39.0. The van der Waals surface area contributed by atoms with Gasteiger partial charge < -0.3 is 29.2 Å². The minimum atomic E-state index is -1.28. The second-order valence-corrected chi connectivity index (χ2v) is 9.65. The largest absolute Gasteiger partial charge is 0.388 e. The van der Waals surface area contributed by atoms with Gasteiger partial charge in [-0.05, 0) is 22.3 Å². The molecular formula is C34H38O6. The lowest BCUT2D eigenvalue weighted by Gasteiger charge is -2.32. The molecule has 0 aliphatic carbocycles. The molecule has 4 aromatic carbocycles. The van der Waals surface area contributed by atoms with Gasteiger partial charge in [-0.1, -0.05) is 121 Å². The van der Waals surface area contributed by atoms with E-state index in [1.165, 1.54) is 0 Å². The third-order valence-corrected chi connectivity index (χ3v) is 6.51. The molecule has 210 valence electrons. The highest BCUT2D eigenvalue weighted by molar-refractivity contribution is 5.15. The first-order valence-electron chi connectivity index (χ1n) is 13.6. The van der Waals surface area contributed by atoms with Crippen molar-refractivity contribution in [3.05, 3.63) is 144 Å². The Morgan fingerprint density at radius 2 is 0.675 bits per heavy atom. The van der Waals surface area contributed by atoms with Crippen LogP contribution in [0.2, 0.25) is 0 Å². The van der Waals surface area contributed by atoms with Gasteiger partial charge in [0, 0.05) is 0 Å². The molecule has 0 aliphatic rings. The van der Waals surface area contributed by atoms with Crippen LogP contribution in [0.15, 0.2) is 121 Å². The van der Waals surface area contributed by atoms with Gasteiger partial charge in [0.2, 0.25) is 0 Å². The first kappa shape index (κ1) is 29.6. The van der Waals surface area contributed by atoms with Crippen molar-refractivity contribution >= 4 is 0 Å². The van der Waals surface area contributed by atoms with E-state index in [2.05, 4.69) is 0 Å². The number of ether oxygens (including phenoxy) is 4. The summed E-state index contributed by atoms with van der Waals surface area (Å²) in [6.45, 7) is 1.45. The predicted octanol–water partition coefficient (Wildman–Crippen LogP) is 5.31. The van der Waals surface area contributed by atoms with Gasteiger partial charge in [0.1, 0.15) is 24.4 Å². The van der Waals surface area contributed by atoms with Crippen LogP contribution in [0.3, 0.4) is 0 Å². The predicted molar refractivity (Wildman–Crippen MR) is 154 cm³/mol. The lowest BCUT2D eigenvalue weighted by molar-refractivity contribution is -0.170. The lowest BCUT2D eigenvalue weighted by Crippen LogP contribution is -2.49. The van der Waals surface area contributed by atoms with Crippen LogP contribution in [0.4, 0.5) is 0 Å². The van der Waals surface area contributed by atoms with E-state index in [4.69, 9.17) is 18.9 Å². The summed E-state index contributed by atoms with van der Waals surface area (Å²) in [4.78, 5) is 0. The van der Waals surface area contributed by atoms with Crippen molar-refractivity contribution in [1.82, 2.24) is 0 Å². The molecule has 4 rings (SSSR count). The summed E-state index contributed by atoms with van der Waals surface area (Å²) >= 11 is 0. The smallest absolute Gasteiger partial charge is 0.111 e. The third-order valence-electron chi connectivity index (χ3n) is 6.51. The highest BCUT2D eigenvalue weighted by atomic mass is 16.6. The van der Waals surface area contributed by atoms with E-state index in [1.807, 2.05) is 121 Å². The molecule has 0 fully saturated rings. The molecular weight excluding hydrogens is 504 g/mol. The van der Waals surface area contributed by atoms with Crippen molar-refractivity contribution in [2.75, 3.05) is 13.2 Å². The maximum atomic E-state index is 11.3. The van der Waals surface area contributed by atoms with Crippen LogP contribution in [0.5, 0.6) is 0 Å². The molecule has 6 heteroatoms. The first-order valence-corrected chi connectivity index (χ1v) is 13.6. The van der Waals surface area contributed by atoms with Crippen LogP contribution in [-0.4, -0.2) is 47.8 Å². The van der Waals surface area contributed by atoms with Crippen molar-refractivity contribution in [2.24, 2.45) is 0 Å². The first-order chi connectivity index (χ1) is 19.7. The summed E-state index contributed by atoms with van der Waals surface area (Å²) in [5.74, 6) is 0. The molecule has 0 saturated carbocycles. The van der Waals surface area contributed by atoms with E-state index >= 15 is 0 Å². The van der Waals surface area contributed by atoms with E-state index < -0.39 is 24.4 Å². The topological polar surface area (TPSA) is 77.4 Å². The molecule has 4 aromatic rings. The Labute approximate surface area is 236 Å². The third kappa shape index (κ3) is 9.99. The molecule has 0 amide bonds. The van der Waals surface area contributed by atoms with Crippen molar-refractivity contribution in [3.8, 4) is 0 Å². The Bertz CT molecular complexity index is 1090. The van der Waals surface area contributed by atoms with Gasteiger partial charge in [-0.15, -0.1) is 0 Å². The second kappa shape index (κ2) is 16.7. The number of benzene rings is 4. The molecule has 4 atom stereocenters. The van der Waals surface area contributed by atoms with Crippen molar-refractivity contribution in [2.45, 2.75) is 50.8 Å². The Morgan fingerprint density at radius 1 is 0.400 bits per heavy atom. The van der Waals surface area contributed by atoms with Crippen molar-refractivity contribution in [1.29, 1.82) is 0 Å². The highest BCUT2D eigenvalue weighted by Gasteiger charge is 2.34. The Hall–Kier alpha value is -3.36. The monoisotopic (exact) mass is 542 g/mol. The maximum Gasteiger partial charge on any atom is 0.111 e. The van der Waals surface area contributed by atoms with E-state index in [1.54, 1.807) is 0 Å². The zero-order valence-electron chi connectivity index (χ0n) is 22.6. The van der Waals surface area contributed by atoms with Gasteiger partial charge in [0.05, 0.1) is 39.6 Å². The van der Waals surface area contributed by atoms with Crippen LogP contribution < -0.4 is 0 Å². The molecule has 0 aliphatic heterocycles. The lowest BCUT2D eigenvalue weighted by atomic mass is 10.0. The van der Waals surface area contributed by atoms with E-state index in [-0.39, 0.29) is 26.4 Å². The van der Waals surface area contributed by atoms with Crippen LogP contribution in [0, 0.1) is 0 Å². The van der Waals surface area contributed by atoms with Gasteiger partial charge in [-0.2, -0.15) is 0 Å². The summed E-state index contributed by atoms with van der Waals surface area (Å²) < 4.78 is 24.1. The zero-order chi connectivity index (χ0) is 27.8. The molecule has 0 heterocycles. The highest BCUT2D eigenvalue weighted by Crippen LogP contribution is 2.17. The van der Waals surface area contributed by atoms with Crippen LogP contribution in [0.1, 0.15) is 22.3 Å². The minimum Gasteiger partial charge on any atom is -0.388 e.